The highest BCUT2D eigenvalue weighted by Crippen LogP contribution is 2.24. The molecule has 1 saturated carbocycles. The van der Waals surface area contributed by atoms with Crippen molar-refractivity contribution in [2.24, 2.45) is 0 Å². The molecule has 0 aliphatic heterocycles. The van der Waals surface area contributed by atoms with Crippen molar-refractivity contribution in [1.29, 1.82) is 0 Å². The van der Waals surface area contributed by atoms with Crippen LogP contribution in [0.3, 0.4) is 0 Å². The number of hydrogen-bond acceptors (Lipinski definition) is 3. The van der Waals surface area contributed by atoms with Crippen molar-refractivity contribution in [3.8, 4) is 0 Å². The van der Waals surface area contributed by atoms with Crippen molar-refractivity contribution in [3.05, 3.63) is 29.6 Å². The molecule has 0 unspecified atom stereocenters. The number of amides is 1. The highest BCUT2D eigenvalue weighted by atomic mass is 16.4. The average molecular weight is 262 g/mol. The zero-order valence-corrected chi connectivity index (χ0v) is 11.0. The maximum absolute atomic E-state index is 12.4. The molecule has 1 aliphatic rings. The minimum atomic E-state index is -1.03. The molecule has 0 radical (unpaired) electrons. The van der Waals surface area contributed by atoms with Crippen LogP contribution >= 0.6 is 0 Å². The number of nitrogens with zero attached hydrogens (tertiary/aromatic N) is 2. The first-order valence-corrected chi connectivity index (χ1v) is 6.63. The van der Waals surface area contributed by atoms with Gasteiger partial charge in [0.2, 0.25) is 0 Å². The number of carboxylic acid groups (broad SMARTS) is 1. The zero-order chi connectivity index (χ0) is 13.8. The smallest absolute Gasteiger partial charge is 0.337 e. The second-order valence-electron chi connectivity index (χ2n) is 4.77. The van der Waals surface area contributed by atoms with Crippen LogP contribution in [0.15, 0.2) is 18.3 Å². The molecule has 0 saturated heterocycles. The number of rotatable bonds is 4. The van der Waals surface area contributed by atoms with E-state index < -0.39 is 5.97 Å². The van der Waals surface area contributed by atoms with Gasteiger partial charge in [0.15, 0.2) is 0 Å². The van der Waals surface area contributed by atoms with Gasteiger partial charge in [-0.1, -0.05) is 12.8 Å². The molecule has 1 aliphatic carbocycles. The maximum atomic E-state index is 12.4. The fraction of sp³-hybridized carbons (Fsp3) is 0.500. The topological polar surface area (TPSA) is 70.5 Å². The summed E-state index contributed by atoms with van der Waals surface area (Å²) in [7, 11) is 0. The molecule has 0 atom stereocenters. The molecule has 2 rings (SSSR count). The molecule has 1 heterocycles. The quantitative estimate of drug-likeness (QED) is 0.902. The van der Waals surface area contributed by atoms with E-state index in [9.17, 15) is 9.59 Å². The highest BCUT2D eigenvalue weighted by Gasteiger charge is 2.26. The Balaban J connectivity index is 2.14. The van der Waals surface area contributed by atoms with Crippen LogP contribution in [0.2, 0.25) is 0 Å². The summed E-state index contributed by atoms with van der Waals surface area (Å²) in [6.07, 6.45) is 5.66. The Labute approximate surface area is 112 Å². The number of carboxylic acids is 1. The van der Waals surface area contributed by atoms with Crippen molar-refractivity contribution in [2.45, 2.75) is 38.6 Å². The van der Waals surface area contributed by atoms with Crippen LogP contribution in [0, 0.1) is 0 Å². The summed E-state index contributed by atoms with van der Waals surface area (Å²) in [6.45, 7) is 2.62. The van der Waals surface area contributed by atoms with Gasteiger partial charge in [-0.15, -0.1) is 0 Å². The summed E-state index contributed by atoms with van der Waals surface area (Å²) < 4.78 is 0. The van der Waals surface area contributed by atoms with Gasteiger partial charge in [-0.25, -0.2) is 4.79 Å². The molecule has 0 bridgehead atoms. The molecule has 1 fully saturated rings. The average Bonchev–Trinajstić information content (AvgIpc) is 2.93. The van der Waals surface area contributed by atoms with Gasteiger partial charge in [-0.05, 0) is 31.9 Å². The van der Waals surface area contributed by atoms with E-state index in [2.05, 4.69) is 4.98 Å². The standard InChI is InChI=1S/C14H18N2O3/c1-2-16(11-5-3-4-6-11)13(17)12-8-7-10(9-15-12)14(18)19/h7-9,11H,2-6H2,1H3,(H,18,19). The Morgan fingerprint density at radius 1 is 1.37 bits per heavy atom. The lowest BCUT2D eigenvalue weighted by molar-refractivity contribution is 0.0675. The van der Waals surface area contributed by atoms with Gasteiger partial charge in [-0.2, -0.15) is 0 Å². The van der Waals surface area contributed by atoms with Gasteiger partial charge in [-0.3, -0.25) is 9.78 Å². The van der Waals surface area contributed by atoms with Crippen LogP contribution in [-0.2, 0) is 0 Å². The number of aromatic nitrogens is 1. The van der Waals surface area contributed by atoms with Crippen molar-refractivity contribution >= 4 is 11.9 Å². The third kappa shape index (κ3) is 2.92. The van der Waals surface area contributed by atoms with Crippen LogP contribution in [-0.4, -0.2) is 39.5 Å². The predicted octanol–water partition coefficient (Wildman–Crippen LogP) is 2.18. The molecular weight excluding hydrogens is 244 g/mol. The lowest BCUT2D eigenvalue weighted by atomic mass is 10.2. The Morgan fingerprint density at radius 3 is 2.53 bits per heavy atom. The van der Waals surface area contributed by atoms with E-state index in [1.165, 1.54) is 31.2 Å². The number of aromatic carboxylic acids is 1. The third-order valence-corrected chi connectivity index (χ3v) is 3.60. The molecule has 1 N–H and O–H groups in total. The Morgan fingerprint density at radius 2 is 2.05 bits per heavy atom. The van der Waals surface area contributed by atoms with E-state index in [-0.39, 0.29) is 11.5 Å². The second-order valence-corrected chi connectivity index (χ2v) is 4.77. The van der Waals surface area contributed by atoms with Crippen LogP contribution in [0.4, 0.5) is 0 Å². The molecule has 5 heteroatoms. The monoisotopic (exact) mass is 262 g/mol. The molecule has 0 spiro atoms. The summed E-state index contributed by atoms with van der Waals surface area (Å²) in [5, 5.41) is 8.81. The van der Waals surface area contributed by atoms with Crippen LogP contribution < -0.4 is 0 Å². The Bertz CT molecular complexity index is 464. The molecule has 102 valence electrons. The van der Waals surface area contributed by atoms with Gasteiger partial charge < -0.3 is 10.0 Å². The summed E-state index contributed by atoms with van der Waals surface area (Å²) in [5.41, 5.74) is 0.416. The SMILES string of the molecule is CCN(C(=O)c1ccc(C(=O)O)cn1)C1CCCC1. The first kappa shape index (κ1) is 13.5. The predicted molar refractivity (Wildman–Crippen MR) is 70.2 cm³/mol. The van der Waals surface area contributed by atoms with Gasteiger partial charge in [0.25, 0.3) is 5.91 Å². The van der Waals surface area contributed by atoms with Crippen molar-refractivity contribution in [3.63, 3.8) is 0 Å². The number of hydrogen-bond donors (Lipinski definition) is 1. The van der Waals surface area contributed by atoms with Gasteiger partial charge in [0.1, 0.15) is 5.69 Å². The van der Waals surface area contributed by atoms with Crippen molar-refractivity contribution < 1.29 is 14.7 Å². The number of carbonyl (C=O) groups is 2. The molecule has 19 heavy (non-hydrogen) atoms. The summed E-state index contributed by atoms with van der Waals surface area (Å²) in [5.74, 6) is -1.14. The molecular formula is C14H18N2O3. The van der Waals surface area contributed by atoms with Crippen molar-refractivity contribution in [1.82, 2.24) is 9.88 Å². The highest BCUT2D eigenvalue weighted by molar-refractivity contribution is 5.94. The molecule has 0 aromatic carbocycles. The fourth-order valence-corrected chi connectivity index (χ4v) is 2.58. The van der Waals surface area contributed by atoms with E-state index in [0.29, 0.717) is 18.3 Å². The van der Waals surface area contributed by atoms with Crippen molar-refractivity contribution in [2.75, 3.05) is 6.54 Å². The van der Waals surface area contributed by atoms with E-state index >= 15 is 0 Å². The second kappa shape index (κ2) is 5.82. The fourth-order valence-electron chi connectivity index (χ4n) is 2.58. The van der Waals surface area contributed by atoms with Crippen LogP contribution in [0.25, 0.3) is 0 Å². The van der Waals surface area contributed by atoms with E-state index in [1.54, 1.807) is 0 Å². The first-order chi connectivity index (χ1) is 9.13. The van der Waals surface area contributed by atoms with Gasteiger partial charge in [0.05, 0.1) is 5.56 Å². The largest absolute Gasteiger partial charge is 0.478 e. The van der Waals surface area contributed by atoms with Gasteiger partial charge >= 0.3 is 5.97 Å². The summed E-state index contributed by atoms with van der Waals surface area (Å²) in [6, 6.07) is 3.22. The number of pyridine rings is 1. The lowest BCUT2D eigenvalue weighted by Crippen LogP contribution is -2.39. The molecule has 1 aromatic rings. The minimum Gasteiger partial charge on any atom is -0.478 e. The third-order valence-electron chi connectivity index (χ3n) is 3.60. The number of carbonyl (C=O) groups excluding carboxylic acids is 1. The van der Waals surface area contributed by atoms with E-state index in [1.807, 2.05) is 11.8 Å². The van der Waals surface area contributed by atoms with E-state index in [0.717, 1.165) is 12.8 Å². The Hall–Kier alpha value is -1.91. The zero-order valence-electron chi connectivity index (χ0n) is 11.0. The lowest BCUT2D eigenvalue weighted by Gasteiger charge is -2.27. The normalized spacial score (nSPS) is 15.4. The van der Waals surface area contributed by atoms with Crippen LogP contribution in [0.1, 0.15) is 53.5 Å². The maximum Gasteiger partial charge on any atom is 0.337 e. The summed E-state index contributed by atoms with van der Waals surface area (Å²) in [4.78, 5) is 28.9. The van der Waals surface area contributed by atoms with Gasteiger partial charge in [0, 0.05) is 18.8 Å². The summed E-state index contributed by atoms with van der Waals surface area (Å²) >= 11 is 0. The van der Waals surface area contributed by atoms with Crippen LogP contribution in [0.5, 0.6) is 0 Å². The molecule has 1 amide bonds. The molecule has 5 nitrogen and oxygen atoms in total. The van der Waals surface area contributed by atoms with E-state index in [4.69, 9.17) is 5.11 Å². The minimum absolute atomic E-state index is 0.0977. The Kier molecular flexibility index (Phi) is 4.14. The first-order valence-electron chi connectivity index (χ1n) is 6.63. The molecule has 1 aromatic heterocycles.